The van der Waals surface area contributed by atoms with Crippen molar-refractivity contribution in [2.24, 2.45) is 10.9 Å². The fourth-order valence-corrected chi connectivity index (χ4v) is 6.11. The third-order valence-corrected chi connectivity index (χ3v) is 7.99. The van der Waals surface area contributed by atoms with Crippen LogP contribution in [0.4, 0.5) is 0 Å². The summed E-state index contributed by atoms with van der Waals surface area (Å²) in [7, 11) is -3.49. The SMILES string of the molecule is O=C(CCCCCN=C1NS(=O)(=O)c2ccccc21)NC(c1ccccc1)C1CCCCC1. The van der Waals surface area contributed by atoms with Crippen LogP contribution >= 0.6 is 0 Å². The van der Waals surface area contributed by atoms with Crippen molar-refractivity contribution >= 4 is 21.8 Å². The Labute approximate surface area is 197 Å². The number of nitrogens with one attached hydrogen (secondary N) is 2. The summed E-state index contributed by atoms with van der Waals surface area (Å²) in [5.74, 6) is 1.04. The molecule has 0 radical (unpaired) electrons. The van der Waals surface area contributed by atoms with Gasteiger partial charge in [0.2, 0.25) is 5.91 Å². The molecule has 1 aliphatic carbocycles. The summed E-state index contributed by atoms with van der Waals surface area (Å²) in [5.41, 5.74) is 1.83. The fraction of sp³-hybridized carbons (Fsp3) is 0.462. The Bertz CT molecular complexity index is 1080. The third-order valence-electron chi connectivity index (χ3n) is 6.59. The number of amidine groups is 1. The predicted octanol–water partition coefficient (Wildman–Crippen LogP) is 4.72. The molecule has 2 aliphatic rings. The number of aliphatic imine (C=N–C) groups is 1. The van der Waals surface area contributed by atoms with Crippen LogP contribution in [0.15, 0.2) is 64.5 Å². The van der Waals surface area contributed by atoms with Gasteiger partial charge in [-0.2, -0.15) is 0 Å². The molecule has 1 heterocycles. The van der Waals surface area contributed by atoms with Crippen molar-refractivity contribution in [2.45, 2.75) is 68.7 Å². The molecule has 1 amide bonds. The number of rotatable bonds is 9. The highest BCUT2D eigenvalue weighted by atomic mass is 32.2. The summed E-state index contributed by atoms with van der Waals surface area (Å²) in [6, 6.07) is 17.3. The zero-order chi connectivity index (χ0) is 23.1. The van der Waals surface area contributed by atoms with Gasteiger partial charge in [-0.25, -0.2) is 8.42 Å². The van der Waals surface area contributed by atoms with Crippen molar-refractivity contribution in [1.29, 1.82) is 0 Å². The third kappa shape index (κ3) is 6.02. The van der Waals surface area contributed by atoms with Gasteiger partial charge in [0.25, 0.3) is 10.0 Å². The summed E-state index contributed by atoms with van der Waals surface area (Å²) in [6.45, 7) is 0.530. The smallest absolute Gasteiger partial charge is 0.263 e. The fourth-order valence-electron chi connectivity index (χ4n) is 4.86. The maximum atomic E-state index is 12.7. The van der Waals surface area contributed by atoms with Crippen LogP contribution in [0.1, 0.15) is 75.0 Å². The molecule has 2 aromatic carbocycles. The van der Waals surface area contributed by atoms with E-state index in [2.05, 4.69) is 27.2 Å². The summed E-state index contributed by atoms with van der Waals surface area (Å²) in [5, 5.41) is 3.32. The molecule has 0 saturated heterocycles. The van der Waals surface area contributed by atoms with E-state index in [-0.39, 0.29) is 16.8 Å². The van der Waals surface area contributed by atoms with Gasteiger partial charge < -0.3 is 5.32 Å². The molecular weight excluding hydrogens is 434 g/mol. The number of unbranched alkanes of at least 4 members (excludes halogenated alkanes) is 2. The molecule has 0 bridgehead atoms. The number of hydrogen-bond acceptors (Lipinski definition) is 4. The first-order valence-electron chi connectivity index (χ1n) is 12.1. The minimum absolute atomic E-state index is 0.0980. The number of carbonyl (C=O) groups excluding carboxylic acids is 1. The van der Waals surface area contributed by atoms with Crippen molar-refractivity contribution in [3.05, 3.63) is 65.7 Å². The lowest BCUT2D eigenvalue weighted by molar-refractivity contribution is -0.122. The minimum atomic E-state index is -3.49. The Balaban J connectivity index is 1.23. The number of fused-ring (bicyclic) bond motifs is 1. The van der Waals surface area contributed by atoms with Crippen molar-refractivity contribution in [2.75, 3.05) is 6.54 Å². The molecule has 2 N–H and O–H groups in total. The lowest BCUT2D eigenvalue weighted by Gasteiger charge is -2.31. The Kier molecular flexibility index (Phi) is 7.81. The molecule has 1 unspecified atom stereocenters. The number of carbonyl (C=O) groups is 1. The van der Waals surface area contributed by atoms with Crippen LogP contribution in [0.5, 0.6) is 0 Å². The van der Waals surface area contributed by atoms with Gasteiger partial charge in [0.1, 0.15) is 5.84 Å². The summed E-state index contributed by atoms with van der Waals surface area (Å²) in [4.78, 5) is 17.4. The molecule has 0 aromatic heterocycles. The van der Waals surface area contributed by atoms with Crippen LogP contribution in [-0.2, 0) is 14.8 Å². The van der Waals surface area contributed by atoms with Gasteiger partial charge in [0.05, 0.1) is 10.9 Å². The van der Waals surface area contributed by atoms with E-state index in [4.69, 9.17) is 0 Å². The Hall–Kier alpha value is -2.67. The first-order valence-corrected chi connectivity index (χ1v) is 13.5. The largest absolute Gasteiger partial charge is 0.349 e. The summed E-state index contributed by atoms with van der Waals surface area (Å²) >= 11 is 0. The summed E-state index contributed by atoms with van der Waals surface area (Å²) < 4.78 is 26.8. The normalized spacial score (nSPS) is 19.6. The highest BCUT2D eigenvalue weighted by Crippen LogP contribution is 2.34. The van der Waals surface area contributed by atoms with E-state index in [1.165, 1.54) is 37.7 Å². The van der Waals surface area contributed by atoms with Gasteiger partial charge in [-0.15, -0.1) is 0 Å². The predicted molar refractivity (Wildman–Crippen MR) is 131 cm³/mol. The Morgan fingerprint density at radius 1 is 0.970 bits per heavy atom. The van der Waals surface area contributed by atoms with Gasteiger partial charge in [0, 0.05) is 18.5 Å². The zero-order valence-electron chi connectivity index (χ0n) is 19.0. The van der Waals surface area contributed by atoms with Crippen LogP contribution in [-0.4, -0.2) is 26.7 Å². The number of benzene rings is 2. The van der Waals surface area contributed by atoms with E-state index >= 15 is 0 Å². The zero-order valence-corrected chi connectivity index (χ0v) is 19.8. The van der Waals surface area contributed by atoms with E-state index in [0.717, 1.165) is 19.3 Å². The lowest BCUT2D eigenvalue weighted by atomic mass is 9.81. The first-order chi connectivity index (χ1) is 16.0. The summed E-state index contributed by atoms with van der Waals surface area (Å²) in [6.07, 6.45) is 9.11. The second-order valence-corrected chi connectivity index (χ2v) is 10.6. The van der Waals surface area contributed by atoms with E-state index in [9.17, 15) is 13.2 Å². The monoisotopic (exact) mass is 467 g/mol. The quantitative estimate of drug-likeness (QED) is 0.523. The number of nitrogens with zero attached hydrogens (tertiary/aromatic N) is 1. The maximum absolute atomic E-state index is 12.7. The van der Waals surface area contributed by atoms with Gasteiger partial charge in [-0.05, 0) is 49.3 Å². The molecule has 1 saturated carbocycles. The van der Waals surface area contributed by atoms with E-state index in [1.54, 1.807) is 18.2 Å². The minimum Gasteiger partial charge on any atom is -0.349 e. The molecule has 1 fully saturated rings. The van der Waals surface area contributed by atoms with Crippen molar-refractivity contribution in [1.82, 2.24) is 10.0 Å². The van der Waals surface area contributed by atoms with Gasteiger partial charge in [-0.1, -0.05) is 68.1 Å². The first kappa shape index (κ1) is 23.5. The van der Waals surface area contributed by atoms with Gasteiger partial charge in [-0.3, -0.25) is 14.5 Å². The van der Waals surface area contributed by atoms with Crippen molar-refractivity contribution in [3.63, 3.8) is 0 Å². The van der Waals surface area contributed by atoms with E-state index in [0.29, 0.717) is 30.3 Å². The highest BCUT2D eigenvalue weighted by molar-refractivity contribution is 7.90. The van der Waals surface area contributed by atoms with Crippen molar-refractivity contribution < 1.29 is 13.2 Å². The molecule has 7 heteroatoms. The molecular formula is C26H33N3O3S. The van der Waals surface area contributed by atoms with Gasteiger partial charge in [0.15, 0.2) is 0 Å². The second-order valence-electron chi connectivity index (χ2n) is 9.00. The molecule has 0 spiro atoms. The Morgan fingerprint density at radius 3 is 2.48 bits per heavy atom. The molecule has 6 nitrogen and oxygen atoms in total. The molecule has 1 atom stereocenters. The number of hydrogen-bond donors (Lipinski definition) is 2. The Morgan fingerprint density at radius 2 is 1.70 bits per heavy atom. The van der Waals surface area contributed by atoms with E-state index in [1.807, 2.05) is 24.3 Å². The van der Waals surface area contributed by atoms with Crippen LogP contribution < -0.4 is 10.0 Å². The van der Waals surface area contributed by atoms with Crippen LogP contribution in [0.2, 0.25) is 0 Å². The highest BCUT2D eigenvalue weighted by Gasteiger charge is 2.30. The van der Waals surface area contributed by atoms with Crippen LogP contribution in [0.3, 0.4) is 0 Å². The van der Waals surface area contributed by atoms with Gasteiger partial charge >= 0.3 is 0 Å². The number of amides is 1. The molecule has 2 aromatic rings. The van der Waals surface area contributed by atoms with Crippen LogP contribution in [0, 0.1) is 5.92 Å². The molecule has 33 heavy (non-hydrogen) atoms. The molecule has 1 aliphatic heterocycles. The van der Waals surface area contributed by atoms with Crippen LogP contribution in [0.25, 0.3) is 0 Å². The van der Waals surface area contributed by atoms with E-state index < -0.39 is 10.0 Å². The molecule has 4 rings (SSSR count). The maximum Gasteiger partial charge on any atom is 0.263 e. The lowest BCUT2D eigenvalue weighted by Crippen LogP contribution is -2.34. The average molecular weight is 468 g/mol. The second kappa shape index (κ2) is 11.0. The number of sulfonamides is 1. The topological polar surface area (TPSA) is 87.6 Å². The average Bonchev–Trinajstić information content (AvgIpc) is 3.11. The standard InChI is InChI=1S/C26H33N3O3S/c30-24(28-25(20-12-4-1-5-13-20)21-14-6-2-7-15-21)18-8-3-11-19-27-26-22-16-9-10-17-23(22)33(31,32)29-26/h1,4-5,9-10,12-13,16-17,21,25H,2-3,6-8,11,14-15,18-19H2,(H,27,29)(H,28,30). The van der Waals surface area contributed by atoms with Crippen molar-refractivity contribution in [3.8, 4) is 0 Å². The molecule has 176 valence electrons.